The smallest absolute Gasteiger partial charge is 0.221 e. The van der Waals surface area contributed by atoms with Gasteiger partial charge in [-0.1, -0.05) is 49.1 Å². The molecule has 112 valence electrons. The Balaban J connectivity index is 1.81. The largest absolute Gasteiger partial charge is 0.340 e. The van der Waals surface area contributed by atoms with Crippen molar-refractivity contribution in [2.24, 2.45) is 5.92 Å². The Kier molecular flexibility index (Phi) is 5.80. The van der Waals surface area contributed by atoms with Crippen LogP contribution in [0.5, 0.6) is 0 Å². The number of carbonyl (C=O) groups is 1. The fourth-order valence-electron chi connectivity index (χ4n) is 3.09. The Morgan fingerprint density at radius 1 is 1.38 bits per heavy atom. The van der Waals surface area contributed by atoms with E-state index in [0.29, 0.717) is 12.3 Å². The van der Waals surface area contributed by atoms with Crippen molar-refractivity contribution in [2.45, 2.75) is 57.9 Å². The van der Waals surface area contributed by atoms with Gasteiger partial charge in [-0.2, -0.15) is 5.26 Å². The summed E-state index contributed by atoms with van der Waals surface area (Å²) < 4.78 is 0. The monoisotopic (exact) mass is 284 g/mol. The van der Waals surface area contributed by atoms with Crippen LogP contribution in [0.3, 0.4) is 0 Å². The van der Waals surface area contributed by atoms with E-state index in [1.807, 2.05) is 12.1 Å². The van der Waals surface area contributed by atoms with Gasteiger partial charge in [0.15, 0.2) is 0 Å². The first kappa shape index (κ1) is 15.6. The van der Waals surface area contributed by atoms with Gasteiger partial charge in [-0.25, -0.2) is 0 Å². The maximum Gasteiger partial charge on any atom is 0.221 e. The van der Waals surface area contributed by atoms with Gasteiger partial charge in [0.2, 0.25) is 5.91 Å². The van der Waals surface area contributed by atoms with Crippen LogP contribution in [0.15, 0.2) is 24.3 Å². The first-order valence-electron chi connectivity index (χ1n) is 7.93. The topological polar surface area (TPSA) is 52.9 Å². The third kappa shape index (κ3) is 4.90. The van der Waals surface area contributed by atoms with Gasteiger partial charge in [0.25, 0.3) is 0 Å². The molecule has 1 N–H and O–H groups in total. The van der Waals surface area contributed by atoms with E-state index in [-0.39, 0.29) is 11.9 Å². The molecule has 0 saturated heterocycles. The van der Waals surface area contributed by atoms with Crippen LogP contribution in [0.4, 0.5) is 0 Å². The van der Waals surface area contributed by atoms with Crippen LogP contribution in [0, 0.1) is 24.2 Å². The highest BCUT2D eigenvalue weighted by atomic mass is 16.1. The molecule has 0 aliphatic heterocycles. The van der Waals surface area contributed by atoms with E-state index in [0.717, 1.165) is 19.3 Å². The number of rotatable bonds is 5. The molecule has 0 heterocycles. The molecule has 1 aromatic carbocycles. The van der Waals surface area contributed by atoms with Gasteiger partial charge in [0, 0.05) is 6.42 Å². The highest BCUT2D eigenvalue weighted by Gasteiger charge is 2.24. The molecule has 1 saturated carbocycles. The Morgan fingerprint density at radius 2 is 2.14 bits per heavy atom. The molecular formula is C18H24N2O. The van der Waals surface area contributed by atoms with Crippen molar-refractivity contribution in [3.63, 3.8) is 0 Å². The van der Waals surface area contributed by atoms with Crippen LogP contribution in [0.25, 0.3) is 0 Å². The zero-order chi connectivity index (χ0) is 15.1. The number of nitrogens with one attached hydrogen (secondary N) is 1. The number of hydrogen-bond donors (Lipinski definition) is 1. The average Bonchev–Trinajstić information content (AvgIpc) is 2.51. The molecule has 0 aromatic heterocycles. The molecule has 1 aliphatic rings. The third-order valence-corrected chi connectivity index (χ3v) is 4.30. The molecule has 3 nitrogen and oxygen atoms in total. The lowest BCUT2D eigenvalue weighted by Gasteiger charge is -2.26. The van der Waals surface area contributed by atoms with Crippen molar-refractivity contribution in [3.8, 4) is 6.07 Å². The van der Waals surface area contributed by atoms with Crippen molar-refractivity contribution >= 4 is 5.91 Å². The average molecular weight is 284 g/mol. The second-order valence-electron chi connectivity index (χ2n) is 6.06. The second-order valence-corrected chi connectivity index (χ2v) is 6.06. The van der Waals surface area contributed by atoms with Crippen molar-refractivity contribution in [1.29, 1.82) is 5.26 Å². The molecule has 21 heavy (non-hydrogen) atoms. The van der Waals surface area contributed by atoms with E-state index < -0.39 is 0 Å². The molecule has 3 heteroatoms. The summed E-state index contributed by atoms with van der Waals surface area (Å²) in [6.07, 6.45) is 6.94. The third-order valence-electron chi connectivity index (χ3n) is 4.30. The van der Waals surface area contributed by atoms with Crippen LogP contribution in [0.1, 0.15) is 49.7 Å². The lowest BCUT2D eigenvalue weighted by Crippen LogP contribution is -2.40. The Morgan fingerprint density at radius 3 is 2.81 bits per heavy atom. The first-order valence-corrected chi connectivity index (χ1v) is 7.93. The second kappa shape index (κ2) is 7.83. The number of hydrogen-bond acceptors (Lipinski definition) is 2. The molecule has 1 aliphatic carbocycles. The highest BCUT2D eigenvalue weighted by molar-refractivity contribution is 5.76. The molecule has 2 rings (SSSR count). The van der Waals surface area contributed by atoms with Crippen LogP contribution >= 0.6 is 0 Å². The zero-order valence-electron chi connectivity index (χ0n) is 12.8. The van der Waals surface area contributed by atoms with E-state index in [1.165, 1.54) is 30.4 Å². The minimum absolute atomic E-state index is 0.00590. The highest BCUT2D eigenvalue weighted by Crippen LogP contribution is 2.26. The summed E-state index contributed by atoms with van der Waals surface area (Å²) in [6, 6.07) is 10.2. The van der Waals surface area contributed by atoms with Crippen molar-refractivity contribution in [2.75, 3.05) is 0 Å². The fourth-order valence-corrected chi connectivity index (χ4v) is 3.09. The molecule has 1 amide bonds. The zero-order valence-corrected chi connectivity index (χ0v) is 12.8. The van der Waals surface area contributed by atoms with Gasteiger partial charge in [-0.3, -0.25) is 4.79 Å². The lowest BCUT2D eigenvalue weighted by molar-refractivity contribution is -0.121. The van der Waals surface area contributed by atoms with Crippen molar-refractivity contribution in [3.05, 3.63) is 35.4 Å². The number of nitrogens with zero attached hydrogens (tertiary/aromatic N) is 1. The van der Waals surface area contributed by atoms with E-state index in [1.54, 1.807) is 0 Å². The summed E-state index contributed by atoms with van der Waals surface area (Å²) in [5, 5.41) is 12.2. The van der Waals surface area contributed by atoms with Crippen LogP contribution in [-0.4, -0.2) is 11.9 Å². The number of amides is 1. The van der Waals surface area contributed by atoms with E-state index in [9.17, 15) is 10.1 Å². The number of aryl methyl sites for hydroxylation is 2. The van der Waals surface area contributed by atoms with Crippen LogP contribution in [0.2, 0.25) is 0 Å². The molecule has 0 bridgehead atoms. The molecule has 1 fully saturated rings. The first-order chi connectivity index (χ1) is 10.2. The lowest BCUT2D eigenvalue weighted by atomic mass is 9.84. The number of nitriles is 1. The summed E-state index contributed by atoms with van der Waals surface area (Å²) in [5.74, 6) is 0.334. The Labute approximate surface area is 127 Å². The minimum atomic E-state index is -0.310. The molecule has 1 unspecified atom stereocenters. The van der Waals surface area contributed by atoms with Crippen LogP contribution in [-0.2, 0) is 11.2 Å². The summed E-state index contributed by atoms with van der Waals surface area (Å²) in [5.41, 5.74) is 2.39. The van der Waals surface area contributed by atoms with Gasteiger partial charge in [0.05, 0.1) is 6.07 Å². The molecule has 0 spiro atoms. The Bertz CT molecular complexity index is 512. The Hall–Kier alpha value is -1.82. The van der Waals surface area contributed by atoms with Crippen molar-refractivity contribution in [1.82, 2.24) is 5.32 Å². The van der Waals surface area contributed by atoms with Gasteiger partial charge in [-0.05, 0) is 37.7 Å². The quantitative estimate of drug-likeness (QED) is 0.899. The maximum absolute atomic E-state index is 12.1. The summed E-state index contributed by atoms with van der Waals surface area (Å²) in [6.45, 7) is 2.05. The predicted octanol–water partition coefficient (Wildman–Crippen LogP) is 3.52. The van der Waals surface area contributed by atoms with E-state index >= 15 is 0 Å². The van der Waals surface area contributed by atoms with Crippen molar-refractivity contribution < 1.29 is 4.79 Å². The molecule has 1 atom stereocenters. The maximum atomic E-state index is 12.1. The standard InChI is InChI=1S/C18H24N2O/c1-14-6-5-7-15(12-14)10-11-18(21)20-17(13-19)16-8-3-2-4-9-16/h5-7,12,16-17H,2-4,8-11H2,1H3,(H,20,21). The van der Waals surface area contributed by atoms with E-state index in [2.05, 4.69) is 30.4 Å². The van der Waals surface area contributed by atoms with Gasteiger partial charge >= 0.3 is 0 Å². The predicted molar refractivity (Wildman–Crippen MR) is 83.6 cm³/mol. The SMILES string of the molecule is Cc1cccc(CCC(=O)NC(C#N)C2CCCCC2)c1. The summed E-state index contributed by atoms with van der Waals surface area (Å²) in [4.78, 5) is 12.1. The number of benzene rings is 1. The molecule has 0 radical (unpaired) electrons. The normalized spacial score (nSPS) is 17.0. The minimum Gasteiger partial charge on any atom is -0.340 e. The summed E-state index contributed by atoms with van der Waals surface area (Å²) >= 11 is 0. The fraction of sp³-hybridized carbons (Fsp3) is 0.556. The van der Waals surface area contributed by atoms with Crippen LogP contribution < -0.4 is 5.32 Å². The molecular weight excluding hydrogens is 260 g/mol. The molecule has 1 aromatic rings. The summed E-state index contributed by atoms with van der Waals surface area (Å²) in [7, 11) is 0. The van der Waals surface area contributed by atoms with Gasteiger partial charge in [0.1, 0.15) is 6.04 Å². The van der Waals surface area contributed by atoms with E-state index in [4.69, 9.17) is 0 Å². The van der Waals surface area contributed by atoms with Gasteiger partial charge < -0.3 is 5.32 Å². The van der Waals surface area contributed by atoms with Gasteiger partial charge in [-0.15, -0.1) is 0 Å². The number of carbonyl (C=O) groups excluding carboxylic acids is 1.